The molecule has 0 heterocycles. The number of carbonyl (C=O) groups excluding carboxylic acids is 1. The van der Waals surface area contributed by atoms with Gasteiger partial charge in [-0.2, -0.15) is 11.8 Å². The lowest BCUT2D eigenvalue weighted by Crippen LogP contribution is -2.41. The van der Waals surface area contributed by atoms with Gasteiger partial charge in [-0.25, -0.2) is 4.79 Å². The molecule has 0 bridgehead atoms. The first-order valence-corrected chi connectivity index (χ1v) is 4.81. The lowest BCUT2D eigenvalue weighted by atomic mass is 10.3. The number of carboxylic acids is 1. The second-order valence-electron chi connectivity index (χ2n) is 2.25. The van der Waals surface area contributed by atoms with Gasteiger partial charge in [0.05, 0.1) is 0 Å². The van der Waals surface area contributed by atoms with E-state index in [4.69, 9.17) is 5.11 Å². The molecule has 0 fully saturated rings. The van der Waals surface area contributed by atoms with Crippen molar-refractivity contribution in [2.75, 3.05) is 11.5 Å². The molecule has 0 aromatic heterocycles. The maximum Gasteiger partial charge on any atom is 0.327 e. The van der Waals surface area contributed by atoms with Gasteiger partial charge in [-0.3, -0.25) is 4.79 Å². The van der Waals surface area contributed by atoms with Gasteiger partial charge in [0.1, 0.15) is 6.04 Å². The van der Waals surface area contributed by atoms with Crippen molar-refractivity contribution in [2.24, 2.45) is 0 Å². The highest BCUT2D eigenvalue weighted by molar-refractivity contribution is 7.99. The second kappa shape index (κ2) is 5.88. The number of rotatable bonds is 5. The van der Waals surface area contributed by atoms with E-state index < -0.39 is 12.0 Å². The van der Waals surface area contributed by atoms with E-state index in [0.29, 0.717) is 5.75 Å². The van der Waals surface area contributed by atoms with Crippen LogP contribution < -0.4 is 5.32 Å². The number of aliphatic carboxylic acids is 1. The van der Waals surface area contributed by atoms with Crippen LogP contribution in [0.15, 0.2) is 0 Å². The fourth-order valence-corrected chi connectivity index (χ4v) is 1.35. The number of carbonyl (C=O) groups is 2. The number of amides is 1. The minimum absolute atomic E-state index is 0.306. The van der Waals surface area contributed by atoms with E-state index in [1.165, 1.54) is 18.7 Å². The van der Waals surface area contributed by atoms with Gasteiger partial charge in [0, 0.05) is 12.7 Å². The highest BCUT2D eigenvalue weighted by atomic mass is 32.2. The first kappa shape index (κ1) is 11.3. The highest BCUT2D eigenvalue weighted by Crippen LogP contribution is 2.01. The molecule has 0 saturated heterocycles. The van der Waals surface area contributed by atoms with Crippen molar-refractivity contribution >= 4 is 23.6 Å². The summed E-state index contributed by atoms with van der Waals surface area (Å²) in [4.78, 5) is 21.1. The van der Waals surface area contributed by atoms with Gasteiger partial charge < -0.3 is 10.4 Å². The van der Waals surface area contributed by atoms with Crippen LogP contribution >= 0.6 is 11.8 Å². The Morgan fingerprint density at radius 3 is 2.50 bits per heavy atom. The third kappa shape index (κ3) is 5.01. The molecule has 1 amide bonds. The summed E-state index contributed by atoms with van der Waals surface area (Å²) >= 11 is 1.49. The van der Waals surface area contributed by atoms with Crippen LogP contribution in [0.4, 0.5) is 0 Å². The molecule has 4 nitrogen and oxygen atoms in total. The topological polar surface area (TPSA) is 66.4 Å². The molecule has 5 heteroatoms. The van der Waals surface area contributed by atoms with E-state index >= 15 is 0 Å². The molecule has 0 aliphatic rings. The van der Waals surface area contributed by atoms with E-state index in [1.807, 2.05) is 6.92 Å². The van der Waals surface area contributed by atoms with Crippen molar-refractivity contribution in [2.45, 2.75) is 19.9 Å². The normalized spacial score (nSPS) is 12.2. The molecule has 0 unspecified atom stereocenters. The lowest BCUT2D eigenvalue weighted by Gasteiger charge is -2.11. The van der Waals surface area contributed by atoms with Gasteiger partial charge in [0.25, 0.3) is 0 Å². The number of carboxylic acid groups (broad SMARTS) is 1. The Hall–Kier alpha value is -0.710. The lowest BCUT2D eigenvalue weighted by molar-refractivity contribution is -0.140. The number of hydrogen-bond donors (Lipinski definition) is 2. The summed E-state index contributed by atoms with van der Waals surface area (Å²) in [7, 11) is 0. The Kier molecular flexibility index (Phi) is 5.53. The Morgan fingerprint density at radius 1 is 1.58 bits per heavy atom. The second-order valence-corrected chi connectivity index (χ2v) is 3.57. The van der Waals surface area contributed by atoms with Gasteiger partial charge in [-0.05, 0) is 5.75 Å². The average Bonchev–Trinajstić information content (AvgIpc) is 1.96. The Bertz CT molecular complexity index is 172. The molecule has 0 aromatic carbocycles. The largest absolute Gasteiger partial charge is 0.480 e. The van der Waals surface area contributed by atoms with Crippen LogP contribution in [-0.4, -0.2) is 34.5 Å². The van der Waals surface area contributed by atoms with E-state index in [-0.39, 0.29) is 5.91 Å². The average molecular weight is 191 g/mol. The van der Waals surface area contributed by atoms with Crippen LogP contribution in [-0.2, 0) is 9.59 Å². The van der Waals surface area contributed by atoms with Crippen LogP contribution in [0.2, 0.25) is 0 Å². The summed E-state index contributed by atoms with van der Waals surface area (Å²) in [5, 5.41) is 11.0. The van der Waals surface area contributed by atoms with E-state index in [9.17, 15) is 9.59 Å². The Labute approximate surface area is 75.7 Å². The monoisotopic (exact) mass is 191 g/mol. The van der Waals surface area contributed by atoms with Gasteiger partial charge in [-0.15, -0.1) is 0 Å². The standard InChI is InChI=1S/C7H13NO3S/c1-3-12-4-6(7(10)11)8-5(2)9/h6H,3-4H2,1-2H3,(H,8,9)(H,10,11)/t6-/m0/s1. The van der Waals surface area contributed by atoms with Crippen LogP contribution in [0.3, 0.4) is 0 Å². The van der Waals surface area contributed by atoms with Crippen molar-refractivity contribution in [3.63, 3.8) is 0 Å². The fraction of sp³-hybridized carbons (Fsp3) is 0.714. The Balaban J connectivity index is 3.87. The highest BCUT2D eigenvalue weighted by Gasteiger charge is 2.17. The van der Waals surface area contributed by atoms with Crippen molar-refractivity contribution < 1.29 is 14.7 Å². The third-order valence-electron chi connectivity index (χ3n) is 1.16. The third-order valence-corrected chi connectivity index (χ3v) is 2.14. The zero-order chi connectivity index (χ0) is 9.56. The molecule has 1 atom stereocenters. The van der Waals surface area contributed by atoms with Crippen LogP contribution in [0, 0.1) is 0 Å². The zero-order valence-corrected chi connectivity index (χ0v) is 7.98. The molecule has 12 heavy (non-hydrogen) atoms. The minimum Gasteiger partial charge on any atom is -0.480 e. The van der Waals surface area contributed by atoms with Crippen LogP contribution in [0.5, 0.6) is 0 Å². The zero-order valence-electron chi connectivity index (χ0n) is 7.16. The summed E-state index contributed by atoms with van der Waals surface area (Å²) in [5.41, 5.74) is 0. The molecule has 0 saturated carbocycles. The minimum atomic E-state index is -0.980. The number of thioether (sulfide) groups is 1. The maximum absolute atomic E-state index is 10.5. The summed E-state index contributed by atoms with van der Waals surface area (Å²) in [5.74, 6) is -0.0142. The van der Waals surface area contributed by atoms with Gasteiger partial charge in [-0.1, -0.05) is 6.92 Å². The molecule has 2 N–H and O–H groups in total. The SMILES string of the molecule is CCSC[C@H](NC(C)=O)C(=O)O. The summed E-state index contributed by atoms with van der Waals surface area (Å²) < 4.78 is 0. The molecule has 0 aliphatic heterocycles. The van der Waals surface area contributed by atoms with Crippen molar-refractivity contribution in [3.05, 3.63) is 0 Å². The summed E-state index contributed by atoms with van der Waals surface area (Å²) in [6.45, 7) is 3.25. The molecule has 0 aromatic rings. The molecule has 0 aliphatic carbocycles. The smallest absolute Gasteiger partial charge is 0.327 e. The van der Waals surface area contributed by atoms with E-state index in [1.54, 1.807) is 0 Å². The fourth-order valence-electron chi connectivity index (χ4n) is 0.656. The van der Waals surface area contributed by atoms with Gasteiger partial charge >= 0.3 is 5.97 Å². The summed E-state index contributed by atoms with van der Waals surface area (Å²) in [6.07, 6.45) is 0. The number of hydrogen-bond acceptors (Lipinski definition) is 3. The first-order valence-electron chi connectivity index (χ1n) is 3.65. The molecule has 0 radical (unpaired) electrons. The van der Waals surface area contributed by atoms with Gasteiger partial charge in [0.15, 0.2) is 0 Å². The number of nitrogens with one attached hydrogen (secondary N) is 1. The molecule has 0 rings (SSSR count). The predicted octanol–water partition coefficient (Wildman–Crippen LogP) is 0.329. The quantitative estimate of drug-likeness (QED) is 0.657. The maximum atomic E-state index is 10.5. The first-order chi connectivity index (χ1) is 5.57. The van der Waals surface area contributed by atoms with Crippen molar-refractivity contribution in [3.8, 4) is 0 Å². The molecule has 0 spiro atoms. The van der Waals surface area contributed by atoms with E-state index in [2.05, 4.69) is 5.32 Å². The predicted molar refractivity (Wildman–Crippen MR) is 48.2 cm³/mol. The Morgan fingerprint density at radius 2 is 2.17 bits per heavy atom. The molecular weight excluding hydrogens is 178 g/mol. The van der Waals surface area contributed by atoms with Crippen LogP contribution in [0.25, 0.3) is 0 Å². The van der Waals surface area contributed by atoms with Gasteiger partial charge in [0.2, 0.25) is 5.91 Å². The van der Waals surface area contributed by atoms with Crippen molar-refractivity contribution in [1.29, 1.82) is 0 Å². The van der Waals surface area contributed by atoms with Crippen molar-refractivity contribution in [1.82, 2.24) is 5.32 Å². The molecule has 70 valence electrons. The van der Waals surface area contributed by atoms with E-state index in [0.717, 1.165) is 5.75 Å². The van der Waals surface area contributed by atoms with Crippen LogP contribution in [0.1, 0.15) is 13.8 Å². The summed E-state index contributed by atoms with van der Waals surface area (Å²) in [6, 6.07) is -0.757. The molecular formula is C7H13NO3S.